The van der Waals surface area contributed by atoms with Crippen LogP contribution in [-0.2, 0) is 9.84 Å². The van der Waals surface area contributed by atoms with E-state index in [2.05, 4.69) is 21.2 Å². The molecular formula is C12H17BrFNO2S. The maximum Gasteiger partial charge on any atom is 0.151 e. The first-order valence-corrected chi connectivity index (χ1v) is 8.36. The van der Waals surface area contributed by atoms with E-state index in [1.165, 1.54) is 6.07 Å². The Kier molecular flexibility index (Phi) is 5.75. The third kappa shape index (κ3) is 4.66. The van der Waals surface area contributed by atoms with Crippen molar-refractivity contribution in [1.29, 1.82) is 0 Å². The van der Waals surface area contributed by atoms with Gasteiger partial charge in [-0.25, -0.2) is 12.8 Å². The summed E-state index contributed by atoms with van der Waals surface area (Å²) in [5, 5.41) is 3.02. The Morgan fingerprint density at radius 3 is 2.67 bits per heavy atom. The van der Waals surface area contributed by atoms with Gasteiger partial charge in [-0.2, -0.15) is 0 Å². The van der Waals surface area contributed by atoms with Crippen LogP contribution in [0.5, 0.6) is 0 Å². The number of nitrogens with one attached hydrogen (secondary N) is 1. The van der Waals surface area contributed by atoms with E-state index in [4.69, 9.17) is 0 Å². The molecule has 0 aliphatic heterocycles. The van der Waals surface area contributed by atoms with E-state index < -0.39 is 9.84 Å². The summed E-state index contributed by atoms with van der Waals surface area (Å²) < 4.78 is 36.9. The second-order valence-electron chi connectivity index (χ2n) is 4.08. The molecule has 0 spiro atoms. The van der Waals surface area contributed by atoms with E-state index in [0.717, 1.165) is 0 Å². The van der Waals surface area contributed by atoms with Crippen molar-refractivity contribution in [3.8, 4) is 0 Å². The van der Waals surface area contributed by atoms with E-state index in [1.54, 1.807) is 19.1 Å². The lowest BCUT2D eigenvalue weighted by Crippen LogP contribution is -2.26. The van der Waals surface area contributed by atoms with E-state index in [9.17, 15) is 12.8 Å². The molecule has 18 heavy (non-hydrogen) atoms. The number of rotatable bonds is 6. The molecule has 3 nitrogen and oxygen atoms in total. The zero-order valence-corrected chi connectivity index (χ0v) is 12.8. The largest absolute Gasteiger partial charge is 0.309 e. The summed E-state index contributed by atoms with van der Waals surface area (Å²) in [4.78, 5) is 0. The fraction of sp³-hybridized carbons (Fsp3) is 0.500. The van der Waals surface area contributed by atoms with Crippen molar-refractivity contribution in [2.75, 3.05) is 18.1 Å². The number of benzene rings is 1. The van der Waals surface area contributed by atoms with Crippen molar-refractivity contribution in [3.05, 3.63) is 34.1 Å². The number of sulfone groups is 1. The van der Waals surface area contributed by atoms with Crippen LogP contribution in [0, 0.1) is 5.82 Å². The van der Waals surface area contributed by atoms with Crippen LogP contribution in [0.15, 0.2) is 22.7 Å². The molecule has 0 aromatic heterocycles. The highest BCUT2D eigenvalue weighted by Gasteiger charge is 2.12. The summed E-state index contributed by atoms with van der Waals surface area (Å²) in [5.74, 6) is -0.0930. The Labute approximate surface area is 116 Å². The van der Waals surface area contributed by atoms with Crippen LogP contribution in [0.1, 0.15) is 25.5 Å². The zero-order chi connectivity index (χ0) is 13.8. The molecule has 0 saturated carbocycles. The van der Waals surface area contributed by atoms with Crippen LogP contribution in [0.2, 0.25) is 0 Å². The number of halogens is 2. The van der Waals surface area contributed by atoms with Crippen LogP contribution in [0.25, 0.3) is 0 Å². The van der Waals surface area contributed by atoms with Gasteiger partial charge in [0.1, 0.15) is 5.82 Å². The lowest BCUT2D eigenvalue weighted by Gasteiger charge is -2.15. The molecule has 102 valence electrons. The summed E-state index contributed by atoms with van der Waals surface area (Å²) in [5.41, 5.74) is 0.534. The van der Waals surface area contributed by atoms with Gasteiger partial charge in [-0.15, -0.1) is 0 Å². The predicted octanol–water partition coefficient (Wildman–Crippen LogP) is 2.67. The second kappa shape index (κ2) is 6.63. The van der Waals surface area contributed by atoms with Gasteiger partial charge in [0, 0.05) is 28.4 Å². The normalized spacial score (nSPS) is 13.6. The lowest BCUT2D eigenvalue weighted by atomic mass is 10.1. The minimum Gasteiger partial charge on any atom is -0.309 e. The third-order valence-electron chi connectivity index (χ3n) is 2.73. The molecular weight excluding hydrogens is 321 g/mol. The van der Waals surface area contributed by atoms with E-state index in [1.807, 2.05) is 6.92 Å². The highest BCUT2D eigenvalue weighted by molar-refractivity contribution is 9.10. The van der Waals surface area contributed by atoms with Crippen molar-refractivity contribution < 1.29 is 12.8 Å². The maximum atomic E-state index is 13.6. The quantitative estimate of drug-likeness (QED) is 0.867. The molecule has 6 heteroatoms. The van der Waals surface area contributed by atoms with Gasteiger partial charge in [0.15, 0.2) is 9.84 Å². The van der Waals surface area contributed by atoms with Gasteiger partial charge in [-0.3, -0.25) is 0 Å². The Balaban J connectivity index is 2.58. The molecule has 0 saturated heterocycles. The van der Waals surface area contributed by atoms with Gasteiger partial charge in [-0.1, -0.05) is 28.9 Å². The molecule has 1 aromatic rings. The molecule has 1 N–H and O–H groups in total. The van der Waals surface area contributed by atoms with Crippen molar-refractivity contribution >= 4 is 25.8 Å². The molecule has 1 aromatic carbocycles. The molecule has 1 atom stereocenters. The zero-order valence-electron chi connectivity index (χ0n) is 10.4. The average molecular weight is 338 g/mol. The van der Waals surface area contributed by atoms with Crippen LogP contribution in [0.3, 0.4) is 0 Å². The topological polar surface area (TPSA) is 46.2 Å². The van der Waals surface area contributed by atoms with E-state index in [0.29, 0.717) is 16.6 Å². The lowest BCUT2D eigenvalue weighted by molar-refractivity contribution is 0.536. The van der Waals surface area contributed by atoms with Gasteiger partial charge in [0.25, 0.3) is 0 Å². The van der Waals surface area contributed by atoms with Gasteiger partial charge in [-0.05, 0) is 19.1 Å². The first-order chi connectivity index (χ1) is 8.35. The highest BCUT2D eigenvalue weighted by atomic mass is 79.9. The molecule has 0 aliphatic rings. The Morgan fingerprint density at radius 1 is 1.44 bits per heavy atom. The molecule has 0 aliphatic carbocycles. The summed E-state index contributed by atoms with van der Waals surface area (Å²) in [6, 6.07) is 4.63. The first-order valence-electron chi connectivity index (χ1n) is 5.74. The van der Waals surface area contributed by atoms with Crippen molar-refractivity contribution in [3.63, 3.8) is 0 Å². The Morgan fingerprint density at radius 2 is 2.11 bits per heavy atom. The summed E-state index contributed by atoms with van der Waals surface area (Å²) in [6.45, 7) is 3.75. The fourth-order valence-corrected chi connectivity index (χ4v) is 2.59. The Bertz CT molecular complexity index is 505. The summed E-state index contributed by atoms with van der Waals surface area (Å²) in [6.07, 6.45) is 0. The number of hydrogen-bond donors (Lipinski definition) is 1. The summed E-state index contributed by atoms with van der Waals surface area (Å²) in [7, 11) is -2.98. The predicted molar refractivity (Wildman–Crippen MR) is 74.8 cm³/mol. The van der Waals surface area contributed by atoms with Crippen molar-refractivity contribution in [1.82, 2.24) is 5.32 Å². The standard InChI is InChI=1S/C12H17BrFNO2S/c1-3-18(16,17)7-6-15-9(2)11-5-4-10(13)8-12(11)14/h4-5,8-9,15H,3,6-7H2,1-2H3/t9-/m1/s1. The molecule has 0 bridgehead atoms. The van der Waals surface area contributed by atoms with E-state index >= 15 is 0 Å². The summed E-state index contributed by atoms with van der Waals surface area (Å²) >= 11 is 3.19. The first kappa shape index (κ1) is 15.6. The van der Waals surface area contributed by atoms with Gasteiger partial charge >= 0.3 is 0 Å². The van der Waals surface area contributed by atoms with Crippen LogP contribution >= 0.6 is 15.9 Å². The molecule has 0 unspecified atom stereocenters. The van der Waals surface area contributed by atoms with E-state index in [-0.39, 0.29) is 23.4 Å². The monoisotopic (exact) mass is 337 g/mol. The third-order valence-corrected chi connectivity index (χ3v) is 4.93. The van der Waals surface area contributed by atoms with Gasteiger partial charge in [0.05, 0.1) is 5.75 Å². The molecule has 0 fully saturated rings. The Hall–Kier alpha value is -0.460. The van der Waals surface area contributed by atoms with Crippen LogP contribution in [-0.4, -0.2) is 26.5 Å². The SMILES string of the molecule is CCS(=O)(=O)CCN[C@H](C)c1ccc(Br)cc1F. The minimum atomic E-state index is -2.98. The minimum absolute atomic E-state index is 0.0754. The molecule has 1 rings (SSSR count). The van der Waals surface area contributed by atoms with Crippen molar-refractivity contribution in [2.24, 2.45) is 0 Å². The van der Waals surface area contributed by atoms with Crippen LogP contribution in [0.4, 0.5) is 4.39 Å². The van der Waals surface area contributed by atoms with Gasteiger partial charge < -0.3 is 5.32 Å². The molecule has 0 radical (unpaired) electrons. The van der Waals surface area contributed by atoms with Crippen LogP contribution < -0.4 is 5.32 Å². The number of hydrogen-bond acceptors (Lipinski definition) is 3. The maximum absolute atomic E-state index is 13.6. The van der Waals surface area contributed by atoms with Gasteiger partial charge in [0.2, 0.25) is 0 Å². The van der Waals surface area contributed by atoms with Crippen molar-refractivity contribution in [2.45, 2.75) is 19.9 Å². The smallest absolute Gasteiger partial charge is 0.151 e. The second-order valence-corrected chi connectivity index (χ2v) is 7.47. The fourth-order valence-electron chi connectivity index (χ4n) is 1.54. The molecule has 0 amide bonds. The molecule has 0 heterocycles. The highest BCUT2D eigenvalue weighted by Crippen LogP contribution is 2.20. The average Bonchev–Trinajstić information content (AvgIpc) is 2.28.